The van der Waals surface area contributed by atoms with Crippen molar-refractivity contribution in [1.82, 2.24) is 5.32 Å². The van der Waals surface area contributed by atoms with Crippen LogP contribution in [-0.4, -0.2) is 44.0 Å². The van der Waals surface area contributed by atoms with Gasteiger partial charge < -0.3 is 25.2 Å². The van der Waals surface area contributed by atoms with Crippen molar-refractivity contribution in [3.05, 3.63) is 23.8 Å². The number of methoxy groups -OCH3 is 2. The maximum atomic E-state index is 11.6. The van der Waals surface area contributed by atoms with Gasteiger partial charge in [0.25, 0.3) is 0 Å². The second-order valence-electron chi connectivity index (χ2n) is 4.09. The number of carbonyl (C=O) groups excluding carboxylic acids is 2. The van der Waals surface area contributed by atoms with Crippen molar-refractivity contribution in [3.8, 4) is 5.75 Å². The summed E-state index contributed by atoms with van der Waals surface area (Å²) in [7, 11) is 2.84. The number of hydrogen-bond acceptors (Lipinski definition) is 5. The van der Waals surface area contributed by atoms with E-state index in [4.69, 9.17) is 9.47 Å². The molecule has 0 heterocycles. The maximum Gasteiger partial charge on any atom is 0.313 e. The van der Waals surface area contributed by atoms with Gasteiger partial charge >= 0.3 is 11.8 Å². The fourth-order valence-corrected chi connectivity index (χ4v) is 1.45. The molecule has 2 amide bonds. The number of amides is 2. The number of ether oxygens (including phenoxy) is 2. The first-order valence-electron chi connectivity index (χ1n) is 5.92. The van der Waals surface area contributed by atoms with Gasteiger partial charge in [-0.05, 0) is 24.6 Å². The predicted octanol–water partition coefficient (Wildman–Crippen LogP) is 0.374. The number of aromatic hydroxyl groups is 1. The van der Waals surface area contributed by atoms with Crippen LogP contribution >= 0.6 is 0 Å². The molecule has 1 aromatic rings. The van der Waals surface area contributed by atoms with Crippen LogP contribution in [0.1, 0.15) is 5.56 Å². The lowest BCUT2D eigenvalue weighted by Crippen LogP contribution is -2.40. The molecule has 0 unspecified atom stereocenters. The Kier molecular flexibility index (Phi) is 5.95. The van der Waals surface area contributed by atoms with Crippen LogP contribution in [0.4, 0.5) is 5.69 Å². The van der Waals surface area contributed by atoms with Gasteiger partial charge in [0.15, 0.2) is 6.29 Å². The molecule has 0 bridgehead atoms. The molecule has 1 aromatic carbocycles. The molecule has 0 saturated heterocycles. The third kappa shape index (κ3) is 4.52. The van der Waals surface area contributed by atoms with Gasteiger partial charge in [-0.15, -0.1) is 0 Å². The van der Waals surface area contributed by atoms with Crippen molar-refractivity contribution in [2.45, 2.75) is 13.2 Å². The molecule has 0 atom stereocenters. The number of rotatable bonds is 5. The molecular formula is C13H18N2O5. The summed E-state index contributed by atoms with van der Waals surface area (Å²) in [5, 5.41) is 14.3. The first-order chi connectivity index (χ1) is 9.47. The van der Waals surface area contributed by atoms with Crippen LogP contribution in [0.25, 0.3) is 0 Å². The highest BCUT2D eigenvalue weighted by Crippen LogP contribution is 2.23. The summed E-state index contributed by atoms with van der Waals surface area (Å²) in [5.74, 6) is -1.83. The van der Waals surface area contributed by atoms with E-state index in [9.17, 15) is 14.7 Å². The average Bonchev–Trinajstić information content (AvgIpc) is 2.43. The number of benzene rings is 1. The Labute approximate surface area is 116 Å². The van der Waals surface area contributed by atoms with E-state index in [-0.39, 0.29) is 18.0 Å². The fourth-order valence-electron chi connectivity index (χ4n) is 1.45. The Morgan fingerprint density at radius 3 is 2.50 bits per heavy atom. The Morgan fingerprint density at radius 2 is 1.90 bits per heavy atom. The lowest BCUT2D eigenvalue weighted by atomic mass is 10.2. The standard InChI is InChI=1S/C13H18N2O5/c1-8-4-5-10(16)9(6-8)15-13(18)12(17)14-7-11(19-2)20-3/h4-6,11,16H,7H2,1-3H3,(H,14,17)(H,15,18). The van der Waals surface area contributed by atoms with Crippen LogP contribution in [0.2, 0.25) is 0 Å². The van der Waals surface area contributed by atoms with Gasteiger partial charge in [-0.3, -0.25) is 9.59 Å². The molecule has 3 N–H and O–H groups in total. The summed E-state index contributed by atoms with van der Waals surface area (Å²) in [4.78, 5) is 23.2. The Balaban J connectivity index is 2.57. The molecule has 0 aliphatic heterocycles. The molecular weight excluding hydrogens is 264 g/mol. The molecule has 7 nitrogen and oxygen atoms in total. The highest BCUT2D eigenvalue weighted by Gasteiger charge is 2.17. The number of phenolic OH excluding ortho intramolecular Hbond substituents is 1. The van der Waals surface area contributed by atoms with E-state index in [0.29, 0.717) is 0 Å². The zero-order valence-corrected chi connectivity index (χ0v) is 11.6. The topological polar surface area (TPSA) is 96.9 Å². The molecule has 7 heteroatoms. The van der Waals surface area contributed by atoms with Crippen LogP contribution in [-0.2, 0) is 19.1 Å². The summed E-state index contributed by atoms with van der Waals surface area (Å²) < 4.78 is 9.75. The van der Waals surface area contributed by atoms with E-state index in [0.717, 1.165) is 5.56 Å². The molecule has 0 fully saturated rings. The highest BCUT2D eigenvalue weighted by atomic mass is 16.7. The summed E-state index contributed by atoms with van der Waals surface area (Å²) in [5.41, 5.74) is 1.03. The molecule has 1 rings (SSSR count). The number of hydrogen-bond donors (Lipinski definition) is 3. The number of phenols is 1. The third-order valence-corrected chi connectivity index (χ3v) is 2.56. The van der Waals surface area contributed by atoms with Crippen LogP contribution in [0.5, 0.6) is 5.75 Å². The molecule has 0 saturated carbocycles. The second-order valence-corrected chi connectivity index (χ2v) is 4.09. The van der Waals surface area contributed by atoms with Gasteiger partial charge in [-0.25, -0.2) is 0 Å². The van der Waals surface area contributed by atoms with Crippen molar-refractivity contribution >= 4 is 17.5 Å². The predicted molar refractivity (Wildman–Crippen MR) is 72.3 cm³/mol. The van der Waals surface area contributed by atoms with E-state index in [2.05, 4.69) is 10.6 Å². The van der Waals surface area contributed by atoms with Crippen molar-refractivity contribution in [2.75, 3.05) is 26.1 Å². The van der Waals surface area contributed by atoms with Gasteiger partial charge in [0.2, 0.25) is 0 Å². The van der Waals surface area contributed by atoms with E-state index in [1.165, 1.54) is 20.3 Å². The van der Waals surface area contributed by atoms with Crippen molar-refractivity contribution in [2.24, 2.45) is 0 Å². The van der Waals surface area contributed by atoms with Gasteiger partial charge in [-0.1, -0.05) is 6.07 Å². The van der Waals surface area contributed by atoms with Gasteiger partial charge in [0.1, 0.15) is 5.75 Å². The van der Waals surface area contributed by atoms with Gasteiger partial charge in [-0.2, -0.15) is 0 Å². The largest absolute Gasteiger partial charge is 0.506 e. The van der Waals surface area contributed by atoms with E-state index in [1.807, 2.05) is 0 Å². The molecule has 110 valence electrons. The first-order valence-corrected chi connectivity index (χ1v) is 5.92. The summed E-state index contributed by atoms with van der Waals surface area (Å²) >= 11 is 0. The van der Waals surface area contributed by atoms with Crippen molar-refractivity contribution < 1.29 is 24.2 Å². The first kappa shape index (κ1) is 15.9. The molecule has 0 spiro atoms. The lowest BCUT2D eigenvalue weighted by Gasteiger charge is -2.14. The van der Waals surface area contributed by atoms with Crippen LogP contribution < -0.4 is 10.6 Å². The van der Waals surface area contributed by atoms with Gasteiger partial charge in [0.05, 0.1) is 12.2 Å². The minimum atomic E-state index is -0.878. The monoisotopic (exact) mass is 282 g/mol. The number of anilines is 1. The molecule has 0 aromatic heterocycles. The SMILES string of the molecule is COC(CNC(=O)C(=O)Nc1cc(C)ccc1O)OC. The van der Waals surface area contributed by atoms with E-state index < -0.39 is 18.1 Å². The van der Waals surface area contributed by atoms with Crippen LogP contribution in [0.15, 0.2) is 18.2 Å². The van der Waals surface area contributed by atoms with Crippen LogP contribution in [0.3, 0.4) is 0 Å². The highest BCUT2D eigenvalue weighted by molar-refractivity contribution is 6.39. The van der Waals surface area contributed by atoms with Crippen LogP contribution in [0, 0.1) is 6.92 Å². The normalized spacial score (nSPS) is 10.4. The van der Waals surface area contributed by atoms with Crippen molar-refractivity contribution in [1.29, 1.82) is 0 Å². The summed E-state index contributed by atoms with van der Waals surface area (Å²) in [6.07, 6.45) is -0.626. The van der Waals surface area contributed by atoms with Crippen molar-refractivity contribution in [3.63, 3.8) is 0 Å². The summed E-state index contributed by atoms with van der Waals surface area (Å²) in [6, 6.07) is 4.69. The molecule has 20 heavy (non-hydrogen) atoms. The lowest BCUT2D eigenvalue weighted by molar-refractivity contribution is -0.139. The number of nitrogens with one attached hydrogen (secondary N) is 2. The Hall–Kier alpha value is -2.12. The molecule has 0 aliphatic rings. The second kappa shape index (κ2) is 7.46. The zero-order chi connectivity index (χ0) is 15.1. The fraction of sp³-hybridized carbons (Fsp3) is 0.385. The zero-order valence-electron chi connectivity index (χ0n) is 11.6. The quantitative estimate of drug-likeness (QED) is 0.412. The maximum absolute atomic E-state index is 11.6. The minimum absolute atomic E-state index is 0.0407. The average molecular weight is 282 g/mol. The minimum Gasteiger partial charge on any atom is -0.506 e. The Bertz CT molecular complexity index is 486. The van der Waals surface area contributed by atoms with E-state index in [1.54, 1.807) is 19.1 Å². The third-order valence-electron chi connectivity index (χ3n) is 2.56. The smallest absolute Gasteiger partial charge is 0.313 e. The number of aryl methyl sites for hydroxylation is 1. The summed E-state index contributed by atoms with van der Waals surface area (Å²) in [6.45, 7) is 1.84. The van der Waals surface area contributed by atoms with E-state index >= 15 is 0 Å². The molecule has 0 aliphatic carbocycles. The Morgan fingerprint density at radius 1 is 1.25 bits per heavy atom. The molecule has 0 radical (unpaired) electrons. The number of carbonyl (C=O) groups is 2. The van der Waals surface area contributed by atoms with Gasteiger partial charge in [0, 0.05) is 14.2 Å².